The van der Waals surface area contributed by atoms with Crippen LogP contribution in [-0.2, 0) is 4.79 Å². The number of benzene rings is 1. The predicted molar refractivity (Wildman–Crippen MR) is 108 cm³/mol. The van der Waals surface area contributed by atoms with Crippen LogP contribution in [0.4, 0.5) is 16.3 Å². The van der Waals surface area contributed by atoms with E-state index in [1.54, 1.807) is 25.1 Å². The van der Waals surface area contributed by atoms with E-state index in [2.05, 4.69) is 22.7 Å². The van der Waals surface area contributed by atoms with Crippen LogP contribution in [0.1, 0.15) is 38.9 Å². The Balaban J connectivity index is 2.04. The number of aromatic nitrogens is 1. The van der Waals surface area contributed by atoms with E-state index in [1.807, 2.05) is 19.1 Å². The van der Waals surface area contributed by atoms with Crippen LogP contribution in [0.5, 0.6) is 5.75 Å². The molecule has 28 heavy (non-hydrogen) atoms. The maximum atomic E-state index is 12.8. The summed E-state index contributed by atoms with van der Waals surface area (Å²) in [6.45, 7) is 6.59. The SMILES string of the molecule is CCCCCN(CC(=O)Nc1cc(C)on1)C(=O)Nc1ccccc1OCC. The Kier molecular flexibility index (Phi) is 8.33. The lowest BCUT2D eigenvalue weighted by Crippen LogP contribution is -2.41. The molecule has 0 fully saturated rings. The monoisotopic (exact) mass is 388 g/mol. The summed E-state index contributed by atoms with van der Waals surface area (Å²) in [5, 5.41) is 9.23. The van der Waals surface area contributed by atoms with Gasteiger partial charge in [-0.3, -0.25) is 4.79 Å². The molecule has 0 unspecified atom stereocenters. The predicted octanol–water partition coefficient (Wildman–Crippen LogP) is 4.04. The Hall–Kier alpha value is -3.03. The topological polar surface area (TPSA) is 96.7 Å². The highest BCUT2D eigenvalue weighted by Gasteiger charge is 2.19. The van der Waals surface area contributed by atoms with Crippen LogP contribution in [0, 0.1) is 6.92 Å². The first-order valence-electron chi connectivity index (χ1n) is 9.54. The third-order valence-corrected chi connectivity index (χ3v) is 3.98. The fourth-order valence-electron chi connectivity index (χ4n) is 2.63. The molecule has 152 valence electrons. The number of nitrogens with zero attached hydrogens (tertiary/aromatic N) is 2. The van der Waals surface area contributed by atoms with Gasteiger partial charge < -0.3 is 24.8 Å². The van der Waals surface area contributed by atoms with Crippen molar-refractivity contribution in [2.45, 2.75) is 40.0 Å². The van der Waals surface area contributed by atoms with Crippen molar-refractivity contribution in [3.8, 4) is 5.75 Å². The number of para-hydroxylation sites is 2. The van der Waals surface area contributed by atoms with Crippen LogP contribution in [-0.4, -0.2) is 41.7 Å². The first-order valence-corrected chi connectivity index (χ1v) is 9.54. The van der Waals surface area contributed by atoms with Crippen LogP contribution < -0.4 is 15.4 Å². The second-order valence-electron chi connectivity index (χ2n) is 6.36. The Bertz CT molecular complexity index is 775. The summed E-state index contributed by atoms with van der Waals surface area (Å²) < 4.78 is 10.5. The van der Waals surface area contributed by atoms with Gasteiger partial charge in [0.1, 0.15) is 18.1 Å². The Morgan fingerprint density at radius 2 is 1.96 bits per heavy atom. The number of carbonyl (C=O) groups excluding carboxylic acids is 2. The molecule has 8 heteroatoms. The van der Waals surface area contributed by atoms with Crippen LogP contribution in [0.25, 0.3) is 0 Å². The van der Waals surface area contributed by atoms with Crippen molar-refractivity contribution in [1.29, 1.82) is 0 Å². The normalized spacial score (nSPS) is 10.4. The third kappa shape index (κ3) is 6.61. The fraction of sp³-hybridized carbons (Fsp3) is 0.450. The van der Waals surface area contributed by atoms with E-state index in [9.17, 15) is 9.59 Å². The molecule has 1 aromatic carbocycles. The molecule has 0 atom stereocenters. The molecule has 0 saturated carbocycles. The maximum Gasteiger partial charge on any atom is 0.322 e. The van der Waals surface area contributed by atoms with E-state index in [4.69, 9.17) is 9.26 Å². The number of aryl methyl sites for hydroxylation is 1. The molecule has 0 aliphatic rings. The highest BCUT2D eigenvalue weighted by atomic mass is 16.5. The largest absolute Gasteiger partial charge is 0.492 e. The fourth-order valence-corrected chi connectivity index (χ4v) is 2.63. The van der Waals surface area contributed by atoms with Crippen LogP contribution in [0.2, 0.25) is 0 Å². The van der Waals surface area contributed by atoms with E-state index in [0.717, 1.165) is 19.3 Å². The smallest absolute Gasteiger partial charge is 0.322 e. The number of urea groups is 1. The van der Waals surface area contributed by atoms with Gasteiger partial charge in [-0.15, -0.1) is 0 Å². The van der Waals surface area contributed by atoms with Gasteiger partial charge in [0.05, 0.1) is 12.3 Å². The molecule has 0 bridgehead atoms. The van der Waals surface area contributed by atoms with Gasteiger partial charge in [0.25, 0.3) is 0 Å². The summed E-state index contributed by atoms with van der Waals surface area (Å²) >= 11 is 0. The molecule has 2 aromatic rings. The van der Waals surface area contributed by atoms with Crippen molar-refractivity contribution < 1.29 is 18.8 Å². The number of anilines is 2. The number of unbranched alkanes of at least 4 members (excludes halogenated alkanes) is 2. The number of hydrogen-bond donors (Lipinski definition) is 2. The molecule has 0 aliphatic heterocycles. The third-order valence-electron chi connectivity index (χ3n) is 3.98. The lowest BCUT2D eigenvalue weighted by atomic mass is 10.2. The molecule has 3 amide bonds. The summed E-state index contributed by atoms with van der Waals surface area (Å²) in [6, 6.07) is 8.49. The molecule has 1 heterocycles. The second-order valence-corrected chi connectivity index (χ2v) is 6.36. The van der Waals surface area contributed by atoms with Gasteiger partial charge in [-0.25, -0.2) is 4.79 Å². The van der Waals surface area contributed by atoms with E-state index >= 15 is 0 Å². The maximum absolute atomic E-state index is 12.8. The molecule has 2 rings (SSSR count). The number of carbonyl (C=O) groups is 2. The van der Waals surface area contributed by atoms with Crippen molar-refractivity contribution in [1.82, 2.24) is 10.1 Å². The average Bonchev–Trinajstić information content (AvgIpc) is 3.07. The minimum atomic E-state index is -0.352. The number of ether oxygens (including phenoxy) is 1. The van der Waals surface area contributed by atoms with Gasteiger partial charge in [-0.05, 0) is 32.4 Å². The highest BCUT2D eigenvalue weighted by Crippen LogP contribution is 2.24. The lowest BCUT2D eigenvalue weighted by Gasteiger charge is -2.23. The molecule has 2 N–H and O–H groups in total. The van der Waals surface area contributed by atoms with Crippen molar-refractivity contribution >= 4 is 23.4 Å². The molecule has 0 aliphatic carbocycles. The summed E-state index contributed by atoms with van der Waals surface area (Å²) in [5.41, 5.74) is 0.572. The van der Waals surface area contributed by atoms with Gasteiger partial charge >= 0.3 is 6.03 Å². The Morgan fingerprint density at radius 1 is 1.18 bits per heavy atom. The van der Waals surface area contributed by atoms with Gasteiger partial charge in [-0.1, -0.05) is 37.1 Å². The quantitative estimate of drug-likeness (QED) is 0.599. The van der Waals surface area contributed by atoms with Crippen molar-refractivity contribution in [2.24, 2.45) is 0 Å². The Morgan fingerprint density at radius 3 is 2.64 bits per heavy atom. The number of rotatable bonds is 10. The summed E-state index contributed by atoms with van der Waals surface area (Å²) in [4.78, 5) is 26.6. The molecule has 1 aromatic heterocycles. The van der Waals surface area contributed by atoms with Crippen molar-refractivity contribution in [3.05, 3.63) is 36.1 Å². The zero-order valence-corrected chi connectivity index (χ0v) is 16.7. The summed E-state index contributed by atoms with van der Waals surface area (Å²) in [6.07, 6.45) is 2.81. The highest BCUT2D eigenvalue weighted by molar-refractivity contribution is 5.97. The Labute approximate surface area is 165 Å². The summed E-state index contributed by atoms with van der Waals surface area (Å²) in [5.74, 6) is 1.19. The van der Waals surface area contributed by atoms with Crippen molar-refractivity contribution in [3.63, 3.8) is 0 Å². The number of hydrogen-bond acceptors (Lipinski definition) is 5. The zero-order valence-electron chi connectivity index (χ0n) is 16.7. The average molecular weight is 388 g/mol. The molecular formula is C20H28N4O4. The van der Waals surface area contributed by atoms with Gasteiger partial charge in [-0.2, -0.15) is 0 Å². The minimum Gasteiger partial charge on any atom is -0.492 e. The van der Waals surface area contributed by atoms with E-state index in [-0.39, 0.29) is 18.5 Å². The molecule has 8 nitrogen and oxygen atoms in total. The number of nitrogens with one attached hydrogen (secondary N) is 2. The van der Waals surface area contributed by atoms with Crippen molar-refractivity contribution in [2.75, 3.05) is 30.3 Å². The standard InChI is InChI=1S/C20H28N4O4/c1-4-6-9-12-24(14-19(25)22-18-13-15(3)28-23-18)20(26)21-16-10-7-8-11-17(16)27-5-2/h7-8,10-11,13H,4-6,9,12,14H2,1-3H3,(H,21,26)(H,22,23,25). The molecule has 0 radical (unpaired) electrons. The first-order chi connectivity index (χ1) is 13.5. The number of amides is 3. The minimum absolute atomic E-state index is 0.0851. The molecular weight excluding hydrogens is 360 g/mol. The van der Waals surface area contributed by atoms with Crippen LogP contribution in [0.15, 0.2) is 34.9 Å². The van der Waals surface area contributed by atoms with E-state index < -0.39 is 0 Å². The molecule has 0 spiro atoms. The van der Waals surface area contributed by atoms with Gasteiger partial charge in [0.2, 0.25) is 5.91 Å². The van der Waals surface area contributed by atoms with E-state index in [1.165, 1.54) is 4.90 Å². The summed E-state index contributed by atoms with van der Waals surface area (Å²) in [7, 11) is 0. The van der Waals surface area contributed by atoms with Gasteiger partial charge in [0.15, 0.2) is 5.82 Å². The lowest BCUT2D eigenvalue weighted by molar-refractivity contribution is -0.116. The second kappa shape index (κ2) is 11.0. The van der Waals surface area contributed by atoms with E-state index in [0.29, 0.717) is 36.2 Å². The van der Waals surface area contributed by atoms with Crippen LogP contribution in [0.3, 0.4) is 0 Å². The zero-order chi connectivity index (χ0) is 20.4. The van der Waals surface area contributed by atoms with Crippen LogP contribution >= 0.6 is 0 Å². The molecule has 0 saturated heterocycles. The first kappa shape index (κ1) is 21.3. The van der Waals surface area contributed by atoms with Gasteiger partial charge in [0, 0.05) is 12.6 Å².